The van der Waals surface area contributed by atoms with Crippen molar-refractivity contribution in [3.05, 3.63) is 0 Å². The van der Waals surface area contributed by atoms with Gasteiger partial charge in [-0.25, -0.2) is 4.39 Å². The molecule has 0 radical (unpaired) electrons. The Labute approximate surface area is 51.7 Å². The number of nitrogens with one attached hydrogen (secondary N) is 1. The topological polar surface area (TPSA) is 50.7 Å². The summed E-state index contributed by atoms with van der Waals surface area (Å²) in [5.41, 5.74) is 0. The quantitative estimate of drug-likeness (QED) is 0.424. The van der Waals surface area contributed by atoms with Gasteiger partial charge in [0.1, 0.15) is 6.21 Å². The minimum atomic E-state index is -1.02. The third-order valence-electron chi connectivity index (χ3n) is 0.540. The van der Waals surface area contributed by atoms with Crippen molar-refractivity contribution in [1.29, 1.82) is 0 Å². The molecule has 52 valence electrons. The van der Waals surface area contributed by atoms with E-state index in [1.165, 1.54) is 7.05 Å². The van der Waals surface area contributed by atoms with E-state index in [1.807, 2.05) is 0 Å². The van der Waals surface area contributed by atoms with E-state index in [4.69, 9.17) is 0 Å². The first-order valence-electron chi connectivity index (χ1n) is 2.24. The van der Waals surface area contributed by atoms with Crippen LogP contribution in [0.25, 0.3) is 0 Å². The van der Waals surface area contributed by atoms with Crippen LogP contribution >= 0.6 is 0 Å². The van der Waals surface area contributed by atoms with Gasteiger partial charge in [0.25, 0.3) is 12.8 Å². The number of carbonyl (C=O) groups is 1. The lowest BCUT2D eigenvalue weighted by Gasteiger charge is -1.88. The maximum atomic E-state index is 11.1. The number of alkyl halides is 1. The molecule has 0 aromatic rings. The number of hydrogen-bond donors (Lipinski definition) is 1. The van der Waals surface area contributed by atoms with Crippen molar-refractivity contribution in [2.75, 3.05) is 13.9 Å². The molecule has 1 amide bonds. The Kier molecular flexibility index (Phi) is 4.39. The molecule has 0 atom stereocenters. The zero-order chi connectivity index (χ0) is 7.11. The van der Waals surface area contributed by atoms with Crippen LogP contribution in [0.4, 0.5) is 4.39 Å². The summed E-state index contributed by atoms with van der Waals surface area (Å²) in [6.07, 6.45) is 0.847. The molecule has 5 heteroatoms. The van der Waals surface area contributed by atoms with Crippen molar-refractivity contribution in [2.45, 2.75) is 0 Å². The average molecular weight is 134 g/mol. The molecule has 0 bridgehead atoms. The zero-order valence-corrected chi connectivity index (χ0v) is 4.93. The monoisotopic (exact) mass is 134 g/mol. The summed E-state index contributed by atoms with van der Waals surface area (Å²) >= 11 is 0. The fourth-order valence-electron chi connectivity index (χ4n) is 0.178. The summed E-state index contributed by atoms with van der Waals surface area (Å²) in [7, 11) is 1.43. The van der Waals surface area contributed by atoms with E-state index in [0.717, 1.165) is 6.21 Å². The molecular weight excluding hydrogens is 127 g/mol. The minimum Gasteiger partial charge on any atom is -0.362 e. The fourth-order valence-corrected chi connectivity index (χ4v) is 0.178. The molecule has 4 nitrogen and oxygen atoms in total. The van der Waals surface area contributed by atoms with Gasteiger partial charge >= 0.3 is 0 Å². The molecule has 0 aromatic carbocycles. The predicted octanol–water partition coefficient (Wildman–Crippen LogP) is -0.338. The van der Waals surface area contributed by atoms with Gasteiger partial charge in [0, 0.05) is 7.05 Å². The van der Waals surface area contributed by atoms with E-state index in [1.54, 1.807) is 0 Å². The van der Waals surface area contributed by atoms with Crippen molar-refractivity contribution < 1.29 is 14.0 Å². The number of carbonyl (C=O) groups excluding carboxylic acids is 1. The van der Waals surface area contributed by atoms with E-state index in [2.05, 4.69) is 15.3 Å². The van der Waals surface area contributed by atoms with Crippen molar-refractivity contribution >= 4 is 12.1 Å². The molecular formula is C4H7FN2O2. The van der Waals surface area contributed by atoms with Crippen LogP contribution in [-0.4, -0.2) is 26.0 Å². The van der Waals surface area contributed by atoms with Gasteiger partial charge in [0.15, 0.2) is 0 Å². The van der Waals surface area contributed by atoms with Crippen molar-refractivity contribution in [1.82, 2.24) is 5.32 Å². The van der Waals surface area contributed by atoms with Crippen molar-refractivity contribution in [3.63, 3.8) is 0 Å². The van der Waals surface area contributed by atoms with Crippen LogP contribution in [0.15, 0.2) is 5.16 Å². The van der Waals surface area contributed by atoms with Gasteiger partial charge < -0.3 is 10.2 Å². The third kappa shape index (κ3) is 4.73. The van der Waals surface area contributed by atoms with Gasteiger partial charge in [0.05, 0.1) is 0 Å². The highest BCUT2D eigenvalue weighted by Crippen LogP contribution is 1.72. The lowest BCUT2D eigenvalue weighted by molar-refractivity contribution is -0.114. The van der Waals surface area contributed by atoms with Crippen molar-refractivity contribution in [3.8, 4) is 0 Å². The van der Waals surface area contributed by atoms with Crippen LogP contribution in [0.2, 0.25) is 0 Å². The number of halogens is 1. The second-order valence-electron chi connectivity index (χ2n) is 1.09. The molecule has 1 N–H and O–H groups in total. The van der Waals surface area contributed by atoms with Crippen LogP contribution in [0.1, 0.15) is 0 Å². The average Bonchev–Trinajstić information content (AvgIpc) is 1.89. The third-order valence-corrected chi connectivity index (χ3v) is 0.540. The summed E-state index contributed by atoms with van der Waals surface area (Å²) < 4.78 is 11.1. The maximum Gasteiger partial charge on any atom is 0.265 e. The lowest BCUT2D eigenvalue weighted by atomic mass is 10.7. The molecule has 0 aromatic heterocycles. The smallest absolute Gasteiger partial charge is 0.265 e. The summed E-state index contributed by atoms with van der Waals surface area (Å²) in [6.45, 7) is -1.02. The molecule has 0 spiro atoms. The molecule has 9 heavy (non-hydrogen) atoms. The van der Waals surface area contributed by atoms with E-state index >= 15 is 0 Å². The Hall–Kier alpha value is -1.13. The number of nitrogens with zero attached hydrogens (tertiary/aromatic N) is 1. The Morgan fingerprint density at radius 1 is 2.00 bits per heavy atom. The summed E-state index contributed by atoms with van der Waals surface area (Å²) in [6, 6.07) is 0. The number of oxime groups is 1. The number of hydrogen-bond acceptors (Lipinski definition) is 3. The highest BCUT2D eigenvalue weighted by Gasteiger charge is 1.86. The van der Waals surface area contributed by atoms with Gasteiger partial charge in [-0.2, -0.15) is 0 Å². The lowest BCUT2D eigenvalue weighted by Crippen LogP contribution is -2.18. The van der Waals surface area contributed by atoms with Gasteiger partial charge in [-0.15, -0.1) is 0 Å². The van der Waals surface area contributed by atoms with E-state index in [0.29, 0.717) is 0 Å². The summed E-state index contributed by atoms with van der Waals surface area (Å²) in [4.78, 5) is 14.1. The Morgan fingerprint density at radius 2 is 2.67 bits per heavy atom. The largest absolute Gasteiger partial charge is 0.362 e. The van der Waals surface area contributed by atoms with Crippen LogP contribution in [0, 0.1) is 0 Å². The summed E-state index contributed by atoms with van der Waals surface area (Å²) in [5, 5.41) is 5.18. The Balaban J connectivity index is 3.32. The molecule has 0 rings (SSSR count). The van der Waals surface area contributed by atoms with Crippen LogP contribution < -0.4 is 5.32 Å². The minimum absolute atomic E-state index is 0.427. The SMILES string of the molecule is CNC(=O)C=NOCF. The maximum absolute atomic E-state index is 11.1. The molecule has 0 saturated carbocycles. The predicted molar refractivity (Wildman–Crippen MR) is 29.6 cm³/mol. The van der Waals surface area contributed by atoms with Crippen LogP contribution in [0.5, 0.6) is 0 Å². The highest BCUT2D eigenvalue weighted by atomic mass is 19.1. The molecule has 0 aliphatic carbocycles. The van der Waals surface area contributed by atoms with Crippen LogP contribution in [-0.2, 0) is 9.63 Å². The molecule has 0 heterocycles. The summed E-state index contributed by atoms with van der Waals surface area (Å²) in [5.74, 6) is -0.427. The Morgan fingerprint density at radius 3 is 3.11 bits per heavy atom. The highest BCUT2D eigenvalue weighted by molar-refractivity contribution is 6.25. The van der Waals surface area contributed by atoms with Gasteiger partial charge in [-0.05, 0) is 0 Å². The molecule has 0 aliphatic rings. The van der Waals surface area contributed by atoms with E-state index in [9.17, 15) is 9.18 Å². The number of amides is 1. The van der Waals surface area contributed by atoms with Gasteiger partial charge in [-0.1, -0.05) is 5.16 Å². The molecule has 0 saturated heterocycles. The standard InChI is InChI=1S/C4H7FN2O2/c1-6-4(8)2-7-9-3-5/h2H,3H2,1H3,(H,6,8). The molecule has 0 unspecified atom stereocenters. The van der Waals surface area contributed by atoms with E-state index in [-0.39, 0.29) is 0 Å². The van der Waals surface area contributed by atoms with Crippen molar-refractivity contribution in [2.24, 2.45) is 5.16 Å². The first-order chi connectivity index (χ1) is 4.31. The molecule has 0 fully saturated rings. The molecule has 0 aliphatic heterocycles. The second-order valence-corrected chi connectivity index (χ2v) is 1.09. The van der Waals surface area contributed by atoms with Gasteiger partial charge in [0.2, 0.25) is 0 Å². The Bertz CT molecular complexity index is 115. The normalized spacial score (nSPS) is 9.56. The zero-order valence-electron chi connectivity index (χ0n) is 4.93. The fraction of sp³-hybridized carbons (Fsp3) is 0.500. The van der Waals surface area contributed by atoms with Crippen LogP contribution in [0.3, 0.4) is 0 Å². The number of rotatable bonds is 3. The first kappa shape index (κ1) is 7.87. The van der Waals surface area contributed by atoms with Gasteiger partial charge in [-0.3, -0.25) is 4.79 Å². The second kappa shape index (κ2) is 5.02. The van der Waals surface area contributed by atoms with E-state index < -0.39 is 12.8 Å². The first-order valence-corrected chi connectivity index (χ1v) is 2.24.